The number of hydrogen-bond donors (Lipinski definition) is 2. The van der Waals surface area contributed by atoms with E-state index in [-0.39, 0.29) is 31.9 Å². The summed E-state index contributed by atoms with van der Waals surface area (Å²) in [5, 5.41) is 6.68. The minimum atomic E-state index is -6.05. The Morgan fingerprint density at radius 2 is 0.967 bits per heavy atom. The molecular formula is C52H66BCl2N2O2Zr. The topological polar surface area (TPSA) is 58.2 Å². The first kappa shape index (κ1) is 46.3. The molecule has 2 N–H and O–H groups in total. The Bertz CT molecular complexity index is 2110. The molecule has 0 heterocycles. The van der Waals surface area contributed by atoms with Crippen molar-refractivity contribution in [1.29, 1.82) is 0 Å². The summed E-state index contributed by atoms with van der Waals surface area (Å²) in [4.78, 5) is 27.7. The number of allylic oxidation sites excluding steroid dienone is 2. The van der Waals surface area contributed by atoms with Crippen LogP contribution in [0.2, 0.25) is 0 Å². The van der Waals surface area contributed by atoms with Crippen LogP contribution in [-0.4, -0.2) is 16.3 Å². The average Bonchev–Trinajstić information content (AvgIpc) is 3.82. The SMILES string of the molecule is CCCCC1=Cc2c(-c3ccccc3CC(C)C)cccc2[CH]1[Zr]([Cl])([Cl])([B](NC(=O)CC)NC(=O)CC)[CH]1C(CCCC)=Cc2c(-c3ccccc3CC(C)C)cccc21. The van der Waals surface area contributed by atoms with E-state index in [2.05, 4.69) is 149 Å². The summed E-state index contributed by atoms with van der Waals surface area (Å²) in [7, 11) is 18.1. The molecule has 2 amide bonds. The van der Waals surface area contributed by atoms with Crippen LogP contribution in [0.4, 0.5) is 0 Å². The van der Waals surface area contributed by atoms with E-state index >= 15 is 0 Å². The van der Waals surface area contributed by atoms with Crippen LogP contribution in [0.15, 0.2) is 96.1 Å². The van der Waals surface area contributed by atoms with Gasteiger partial charge >= 0.3 is 372 Å². The molecule has 6 rings (SSSR count). The normalized spacial score (nSPS) is 16.5. The summed E-state index contributed by atoms with van der Waals surface area (Å²) in [5.74, 6) is 0.625. The third kappa shape index (κ3) is 9.28. The molecule has 0 radical (unpaired) electrons. The van der Waals surface area contributed by atoms with Crippen molar-refractivity contribution in [2.75, 3.05) is 0 Å². The first-order chi connectivity index (χ1) is 28.8. The minimum absolute atomic E-state index is 0.180. The monoisotopic (exact) mass is 921 g/mol. The number of benzene rings is 4. The number of unbranched alkanes of at least 4 members (excludes halogenated alkanes) is 2. The van der Waals surface area contributed by atoms with Crippen molar-refractivity contribution in [2.24, 2.45) is 11.8 Å². The third-order valence-electron chi connectivity index (χ3n) is 12.7. The molecule has 0 saturated carbocycles. The van der Waals surface area contributed by atoms with Gasteiger partial charge in [0.1, 0.15) is 0 Å². The van der Waals surface area contributed by atoms with Crippen LogP contribution < -0.4 is 10.5 Å². The Balaban J connectivity index is 1.70. The zero-order chi connectivity index (χ0) is 43.2. The molecule has 2 aliphatic carbocycles. The van der Waals surface area contributed by atoms with E-state index in [4.69, 9.17) is 17.0 Å². The molecule has 2 unspecified atom stereocenters. The summed E-state index contributed by atoms with van der Waals surface area (Å²) in [6.07, 6.45) is 12.8. The predicted molar refractivity (Wildman–Crippen MR) is 256 cm³/mol. The van der Waals surface area contributed by atoms with E-state index in [0.717, 1.165) is 73.6 Å². The fraction of sp³-hybridized carbons (Fsp3) is 0.423. The molecule has 4 aromatic rings. The van der Waals surface area contributed by atoms with Crippen LogP contribution in [0.25, 0.3) is 34.4 Å². The van der Waals surface area contributed by atoms with E-state index in [9.17, 15) is 9.59 Å². The Hall–Kier alpha value is -3.17. The molecule has 60 heavy (non-hydrogen) atoms. The van der Waals surface area contributed by atoms with Gasteiger partial charge in [0.25, 0.3) is 0 Å². The number of carbonyl (C=O) groups is 2. The van der Waals surface area contributed by atoms with Crippen LogP contribution in [0.1, 0.15) is 147 Å². The van der Waals surface area contributed by atoms with Gasteiger partial charge in [-0.15, -0.1) is 0 Å². The van der Waals surface area contributed by atoms with Gasteiger partial charge in [0.2, 0.25) is 0 Å². The molecule has 0 fully saturated rings. The quantitative estimate of drug-likeness (QED) is 0.0921. The van der Waals surface area contributed by atoms with Crippen LogP contribution >= 0.6 is 17.0 Å². The van der Waals surface area contributed by atoms with E-state index < -0.39 is 20.7 Å². The Kier molecular flexibility index (Phi) is 15.4. The standard InChI is InChI=1S/2C23H27.C6H11BN2O2.2ClH.Zr/c2*1-4-5-9-18-15-20-11-8-13-22(23(20)16-18)21-12-7-6-10-19(21)14-17(2)3;1-3-5(10)8-7-9-6(11)4-2;;;/h2*6-8,10-13,15-17H,4-5,9,14H2,1-3H3;3-4H2,1-2H3,(H-,8,9,10,11);2*1H;/q;;;;;+1/p-1. The van der Waals surface area contributed by atoms with Crippen LogP contribution in [-0.2, 0) is 38.6 Å². The van der Waals surface area contributed by atoms with Gasteiger partial charge in [0, 0.05) is 0 Å². The predicted octanol–water partition coefficient (Wildman–Crippen LogP) is 14.4. The summed E-state index contributed by atoms with van der Waals surface area (Å²) < 4.78 is -1.71. The number of nitrogens with one attached hydrogen (secondary N) is 2. The van der Waals surface area contributed by atoms with E-state index in [1.807, 2.05) is 13.8 Å². The molecule has 4 aromatic carbocycles. The first-order valence-electron chi connectivity index (χ1n) is 22.8. The average molecular weight is 924 g/mol. The van der Waals surface area contributed by atoms with Gasteiger partial charge in [0.05, 0.1) is 0 Å². The fourth-order valence-corrected chi connectivity index (χ4v) is 30.8. The number of fused-ring (bicyclic) bond motifs is 2. The van der Waals surface area contributed by atoms with Crippen molar-refractivity contribution in [3.8, 4) is 22.3 Å². The molecule has 0 bridgehead atoms. The summed E-state index contributed by atoms with van der Waals surface area (Å²) in [5.41, 5.74) is 14.4. The van der Waals surface area contributed by atoms with Crippen molar-refractivity contribution in [1.82, 2.24) is 10.5 Å². The molecule has 0 spiro atoms. The van der Waals surface area contributed by atoms with Crippen molar-refractivity contribution in [3.63, 3.8) is 0 Å². The summed E-state index contributed by atoms with van der Waals surface area (Å²) >= 11 is -6.05. The van der Waals surface area contributed by atoms with Gasteiger partial charge in [-0.25, -0.2) is 0 Å². The van der Waals surface area contributed by atoms with Gasteiger partial charge in [-0.1, -0.05) is 0 Å². The van der Waals surface area contributed by atoms with Crippen molar-refractivity contribution in [3.05, 3.63) is 129 Å². The van der Waals surface area contributed by atoms with Crippen LogP contribution in [0.3, 0.4) is 0 Å². The van der Waals surface area contributed by atoms with Gasteiger partial charge in [0.15, 0.2) is 0 Å². The zero-order valence-corrected chi connectivity index (χ0v) is 41.2. The molecule has 8 heteroatoms. The molecule has 4 nitrogen and oxygen atoms in total. The number of rotatable bonds is 19. The number of carbonyl (C=O) groups excluding carboxylic acids is 2. The molecular weight excluding hydrogens is 858 g/mol. The Labute approximate surface area is 369 Å². The molecule has 317 valence electrons. The molecule has 0 saturated heterocycles. The molecule has 0 aliphatic heterocycles. The van der Waals surface area contributed by atoms with Gasteiger partial charge in [-0.05, 0) is 0 Å². The zero-order valence-electron chi connectivity index (χ0n) is 37.3. The fourth-order valence-electron chi connectivity index (χ4n) is 10.0. The van der Waals surface area contributed by atoms with E-state index in [1.165, 1.54) is 44.5 Å². The second-order valence-electron chi connectivity index (χ2n) is 18.1. The van der Waals surface area contributed by atoms with Gasteiger partial charge < -0.3 is 0 Å². The maximum absolute atomic E-state index is 13.9. The first-order valence-corrected chi connectivity index (χ1v) is 33.3. The van der Waals surface area contributed by atoms with Gasteiger partial charge in [-0.3, -0.25) is 0 Å². The maximum atomic E-state index is 13.9. The van der Waals surface area contributed by atoms with Crippen molar-refractivity contribution < 1.29 is 25.8 Å². The van der Waals surface area contributed by atoms with E-state index in [0.29, 0.717) is 11.8 Å². The number of amides is 2. The Morgan fingerprint density at radius 3 is 1.33 bits per heavy atom. The van der Waals surface area contributed by atoms with Crippen LogP contribution in [0.5, 0.6) is 0 Å². The van der Waals surface area contributed by atoms with Gasteiger partial charge in [-0.2, -0.15) is 0 Å². The summed E-state index contributed by atoms with van der Waals surface area (Å²) in [6, 6.07) is 30.8. The Morgan fingerprint density at radius 1 is 0.583 bits per heavy atom. The molecule has 2 atom stereocenters. The van der Waals surface area contributed by atoms with E-state index in [1.54, 1.807) is 0 Å². The molecule has 2 aliphatic rings. The number of halogens is 2. The second kappa shape index (κ2) is 19.9. The van der Waals surface area contributed by atoms with Crippen LogP contribution in [0, 0.1) is 11.8 Å². The third-order valence-corrected chi connectivity index (χ3v) is 32.7. The molecule has 0 aromatic heterocycles. The number of hydrogen-bond acceptors (Lipinski definition) is 2. The van der Waals surface area contributed by atoms with Crippen molar-refractivity contribution in [2.45, 2.75) is 127 Å². The second-order valence-corrected chi connectivity index (χ2v) is 39.6. The summed E-state index contributed by atoms with van der Waals surface area (Å²) in [6.45, 7) is 17.2. The van der Waals surface area contributed by atoms with Crippen molar-refractivity contribution >= 4 is 45.5 Å².